The number of methoxy groups -OCH3 is 1. The highest BCUT2D eigenvalue weighted by Crippen LogP contribution is 2.15. The Balaban J connectivity index is 2.79. The van der Waals surface area contributed by atoms with Gasteiger partial charge >= 0.3 is 0 Å². The molecule has 0 radical (unpaired) electrons. The average molecular weight is 271 g/mol. The average Bonchev–Trinajstić information content (AvgIpc) is 2.34. The van der Waals surface area contributed by atoms with Crippen molar-refractivity contribution >= 4 is 9.84 Å². The Morgan fingerprint density at radius 3 is 2.22 bits per heavy atom. The second-order valence-electron chi connectivity index (χ2n) is 4.48. The van der Waals surface area contributed by atoms with Gasteiger partial charge in [0.1, 0.15) is 5.75 Å². The summed E-state index contributed by atoms with van der Waals surface area (Å²) in [7, 11) is 0.375. The van der Waals surface area contributed by atoms with E-state index >= 15 is 0 Å². The molecular formula is C13H21NO3S. The van der Waals surface area contributed by atoms with Crippen LogP contribution in [-0.4, -0.2) is 40.1 Å². The van der Waals surface area contributed by atoms with Gasteiger partial charge in [-0.1, -0.05) is 12.1 Å². The molecule has 0 aromatic heterocycles. The van der Waals surface area contributed by atoms with Crippen LogP contribution in [0.5, 0.6) is 5.75 Å². The summed E-state index contributed by atoms with van der Waals surface area (Å²) in [5.41, 5.74) is 1.09. The lowest BCUT2D eigenvalue weighted by Gasteiger charge is -2.22. The van der Waals surface area contributed by atoms with E-state index in [2.05, 4.69) is 5.32 Å². The van der Waals surface area contributed by atoms with Crippen LogP contribution in [0.2, 0.25) is 0 Å². The molecule has 5 heteroatoms. The lowest BCUT2D eigenvalue weighted by atomic mass is 10.0. The molecule has 0 aliphatic carbocycles. The third kappa shape index (κ3) is 3.99. The summed E-state index contributed by atoms with van der Waals surface area (Å²) in [4.78, 5) is 0. The van der Waals surface area contributed by atoms with Crippen LogP contribution in [0.15, 0.2) is 24.3 Å². The first-order valence-corrected chi connectivity index (χ1v) is 7.83. The van der Waals surface area contributed by atoms with E-state index in [4.69, 9.17) is 4.74 Å². The monoisotopic (exact) mass is 271 g/mol. The van der Waals surface area contributed by atoms with E-state index in [1.807, 2.05) is 24.3 Å². The zero-order chi connectivity index (χ0) is 13.8. The van der Waals surface area contributed by atoms with Crippen LogP contribution in [-0.2, 0) is 16.3 Å². The summed E-state index contributed by atoms with van der Waals surface area (Å²) in [5, 5.41) is 2.66. The summed E-state index contributed by atoms with van der Waals surface area (Å²) >= 11 is 0. The summed E-state index contributed by atoms with van der Waals surface area (Å²) in [5.74, 6) is 0.802. The van der Waals surface area contributed by atoms with Crippen LogP contribution in [0.4, 0.5) is 0 Å². The minimum absolute atomic E-state index is 0.0894. The second kappa shape index (κ2) is 6.20. The molecule has 2 unspecified atom stereocenters. The Kier molecular flexibility index (Phi) is 5.16. The van der Waals surface area contributed by atoms with Crippen molar-refractivity contribution in [2.45, 2.75) is 24.6 Å². The fourth-order valence-corrected chi connectivity index (χ4v) is 2.65. The van der Waals surface area contributed by atoms with Crippen molar-refractivity contribution in [1.29, 1.82) is 0 Å². The normalized spacial score (nSPS) is 15.1. The van der Waals surface area contributed by atoms with E-state index in [1.165, 1.54) is 6.26 Å². The van der Waals surface area contributed by atoms with E-state index in [1.54, 1.807) is 21.1 Å². The number of likely N-dealkylation sites (N-methyl/N-ethyl adjacent to an activating group) is 1. The Labute approximate surface area is 109 Å². The van der Waals surface area contributed by atoms with Crippen molar-refractivity contribution in [2.24, 2.45) is 0 Å². The molecule has 102 valence electrons. The smallest absolute Gasteiger partial charge is 0.151 e. The van der Waals surface area contributed by atoms with E-state index in [0.717, 1.165) is 11.3 Å². The minimum atomic E-state index is -3.03. The fraction of sp³-hybridized carbons (Fsp3) is 0.538. The zero-order valence-electron chi connectivity index (χ0n) is 11.3. The molecule has 0 aliphatic heterocycles. The van der Waals surface area contributed by atoms with Crippen molar-refractivity contribution in [1.82, 2.24) is 5.32 Å². The molecular weight excluding hydrogens is 250 g/mol. The number of hydrogen-bond acceptors (Lipinski definition) is 4. The van der Waals surface area contributed by atoms with Gasteiger partial charge in [-0.2, -0.15) is 0 Å². The van der Waals surface area contributed by atoms with Crippen LogP contribution in [0, 0.1) is 0 Å². The van der Waals surface area contributed by atoms with Gasteiger partial charge in [0.2, 0.25) is 0 Å². The first-order valence-electron chi connectivity index (χ1n) is 5.87. The van der Waals surface area contributed by atoms with Crippen LogP contribution < -0.4 is 10.1 Å². The molecule has 0 saturated carbocycles. The van der Waals surface area contributed by atoms with Gasteiger partial charge in [0, 0.05) is 12.3 Å². The van der Waals surface area contributed by atoms with Crippen LogP contribution in [0.1, 0.15) is 12.5 Å². The number of rotatable bonds is 6. The van der Waals surface area contributed by atoms with Gasteiger partial charge < -0.3 is 10.1 Å². The molecule has 0 heterocycles. The highest BCUT2D eigenvalue weighted by Gasteiger charge is 2.24. The van der Waals surface area contributed by atoms with Gasteiger partial charge in [0.05, 0.1) is 12.4 Å². The van der Waals surface area contributed by atoms with E-state index in [0.29, 0.717) is 6.42 Å². The van der Waals surface area contributed by atoms with Crippen molar-refractivity contribution in [3.05, 3.63) is 29.8 Å². The standard InChI is InChI=1S/C13H21NO3S/c1-10(18(4,15)16)13(14-2)9-11-5-7-12(17-3)8-6-11/h5-8,10,13-14H,9H2,1-4H3. The molecule has 1 rings (SSSR count). The molecule has 1 N–H and O–H groups in total. The number of benzene rings is 1. The summed E-state index contributed by atoms with van der Waals surface area (Å²) in [6.45, 7) is 1.74. The summed E-state index contributed by atoms with van der Waals surface area (Å²) in [6, 6.07) is 7.59. The summed E-state index contributed by atoms with van der Waals surface area (Å²) < 4.78 is 28.2. The molecule has 0 spiro atoms. The van der Waals surface area contributed by atoms with Crippen molar-refractivity contribution in [3.8, 4) is 5.75 Å². The van der Waals surface area contributed by atoms with Crippen molar-refractivity contribution < 1.29 is 13.2 Å². The van der Waals surface area contributed by atoms with Crippen molar-refractivity contribution in [3.63, 3.8) is 0 Å². The fourth-order valence-electron chi connectivity index (χ4n) is 1.82. The highest BCUT2D eigenvalue weighted by atomic mass is 32.2. The Bertz CT molecular complexity index is 468. The first kappa shape index (κ1) is 15.0. The molecule has 1 aromatic carbocycles. The lowest BCUT2D eigenvalue weighted by Crippen LogP contribution is -2.41. The van der Waals surface area contributed by atoms with Crippen LogP contribution >= 0.6 is 0 Å². The predicted molar refractivity (Wildman–Crippen MR) is 73.9 cm³/mol. The Morgan fingerprint density at radius 1 is 1.28 bits per heavy atom. The van der Waals surface area contributed by atoms with E-state index in [9.17, 15) is 8.42 Å². The number of hydrogen-bond donors (Lipinski definition) is 1. The molecule has 0 amide bonds. The SMILES string of the molecule is CNC(Cc1ccc(OC)cc1)C(C)S(C)(=O)=O. The number of sulfone groups is 1. The zero-order valence-corrected chi connectivity index (χ0v) is 12.1. The maximum absolute atomic E-state index is 11.6. The topological polar surface area (TPSA) is 55.4 Å². The first-order chi connectivity index (χ1) is 8.38. The maximum Gasteiger partial charge on any atom is 0.151 e. The summed E-state index contributed by atoms with van der Waals surface area (Å²) in [6.07, 6.45) is 1.95. The Morgan fingerprint density at radius 2 is 1.83 bits per heavy atom. The molecule has 0 fully saturated rings. The molecule has 1 aromatic rings. The van der Waals surface area contributed by atoms with Crippen LogP contribution in [0.25, 0.3) is 0 Å². The van der Waals surface area contributed by atoms with Gasteiger partial charge in [-0.15, -0.1) is 0 Å². The van der Waals surface area contributed by atoms with Gasteiger partial charge in [0.25, 0.3) is 0 Å². The maximum atomic E-state index is 11.6. The Hall–Kier alpha value is -1.07. The minimum Gasteiger partial charge on any atom is -0.497 e. The van der Waals surface area contributed by atoms with Crippen LogP contribution in [0.3, 0.4) is 0 Å². The molecule has 18 heavy (non-hydrogen) atoms. The van der Waals surface area contributed by atoms with Gasteiger partial charge in [-0.3, -0.25) is 0 Å². The molecule has 0 aliphatic rings. The lowest BCUT2D eigenvalue weighted by molar-refractivity contribution is 0.414. The quantitative estimate of drug-likeness (QED) is 0.846. The largest absolute Gasteiger partial charge is 0.497 e. The van der Waals surface area contributed by atoms with Crippen molar-refractivity contribution in [2.75, 3.05) is 20.4 Å². The second-order valence-corrected chi connectivity index (χ2v) is 6.88. The third-order valence-corrected chi connectivity index (χ3v) is 4.91. The molecule has 2 atom stereocenters. The molecule has 0 saturated heterocycles. The van der Waals surface area contributed by atoms with Gasteiger partial charge in [-0.25, -0.2) is 8.42 Å². The number of nitrogens with one attached hydrogen (secondary N) is 1. The highest BCUT2D eigenvalue weighted by molar-refractivity contribution is 7.91. The third-order valence-electron chi connectivity index (χ3n) is 3.23. The molecule has 4 nitrogen and oxygen atoms in total. The van der Waals surface area contributed by atoms with E-state index < -0.39 is 15.1 Å². The van der Waals surface area contributed by atoms with Gasteiger partial charge in [-0.05, 0) is 38.1 Å². The van der Waals surface area contributed by atoms with Gasteiger partial charge in [0.15, 0.2) is 9.84 Å². The number of ether oxygens (including phenoxy) is 1. The molecule has 0 bridgehead atoms. The van der Waals surface area contributed by atoms with E-state index in [-0.39, 0.29) is 6.04 Å². The predicted octanol–water partition coefficient (Wildman–Crippen LogP) is 1.26.